The summed E-state index contributed by atoms with van der Waals surface area (Å²) >= 11 is 0. The molecule has 0 radical (unpaired) electrons. The highest BCUT2D eigenvalue weighted by atomic mass is 16.4. The van der Waals surface area contributed by atoms with E-state index in [4.69, 9.17) is 0 Å². The van der Waals surface area contributed by atoms with Crippen LogP contribution in [-0.4, -0.2) is 43.0 Å². The minimum Gasteiger partial charge on any atom is -0.481 e. The van der Waals surface area contributed by atoms with E-state index in [1.54, 1.807) is 97.9 Å². The average Bonchev–Trinajstić information content (AvgIpc) is 3.01. The fourth-order valence-corrected chi connectivity index (χ4v) is 4.61. The molecule has 43 heavy (non-hydrogen) atoms. The Hall–Kier alpha value is -5.44. The van der Waals surface area contributed by atoms with Crippen molar-refractivity contribution in [3.63, 3.8) is 0 Å². The number of rotatable bonds is 10. The molecule has 4 amide bonds. The minimum atomic E-state index is -1.06. The molecule has 0 spiro atoms. The first-order chi connectivity index (χ1) is 20.6. The Bertz CT molecular complexity index is 1600. The summed E-state index contributed by atoms with van der Waals surface area (Å²) in [5, 5.41) is 15.1. The second kappa shape index (κ2) is 14.0. The van der Waals surface area contributed by atoms with Crippen molar-refractivity contribution in [3.05, 3.63) is 125 Å². The summed E-state index contributed by atoms with van der Waals surface area (Å²) in [6, 6.07) is 29.1. The van der Waals surface area contributed by atoms with Crippen LogP contribution in [0.1, 0.15) is 39.5 Å². The van der Waals surface area contributed by atoms with Gasteiger partial charge in [-0.3, -0.25) is 19.3 Å². The van der Waals surface area contributed by atoms with Gasteiger partial charge in [0.05, 0.1) is 18.9 Å². The Labute approximate surface area is 250 Å². The topological polar surface area (TPSA) is 119 Å². The van der Waals surface area contributed by atoms with E-state index < -0.39 is 12.0 Å². The highest BCUT2D eigenvalue weighted by Gasteiger charge is 2.21. The van der Waals surface area contributed by atoms with Gasteiger partial charge in [0, 0.05) is 36.7 Å². The first kappa shape index (κ1) is 30.5. The van der Waals surface area contributed by atoms with Crippen LogP contribution in [0.25, 0.3) is 0 Å². The molecule has 0 aliphatic heterocycles. The van der Waals surface area contributed by atoms with Crippen molar-refractivity contribution >= 4 is 40.9 Å². The molecule has 9 nitrogen and oxygen atoms in total. The third-order valence-electron chi connectivity index (χ3n) is 7.10. The Balaban J connectivity index is 1.40. The number of nitrogens with one attached hydrogen (secondary N) is 2. The van der Waals surface area contributed by atoms with Gasteiger partial charge in [-0.05, 0) is 66.1 Å². The van der Waals surface area contributed by atoms with E-state index in [0.29, 0.717) is 22.5 Å². The normalized spacial score (nSPS) is 11.2. The summed E-state index contributed by atoms with van der Waals surface area (Å²) in [7, 11) is 3.35. The third-order valence-corrected chi connectivity index (χ3v) is 7.10. The molecule has 1 atom stereocenters. The second-order valence-corrected chi connectivity index (χ2v) is 10.2. The van der Waals surface area contributed by atoms with Crippen LogP contribution in [0.4, 0.5) is 21.9 Å². The molecule has 0 aliphatic rings. The van der Waals surface area contributed by atoms with Crippen LogP contribution in [0, 0.1) is 6.92 Å². The maximum Gasteiger partial charge on any atom is 0.326 e. The highest BCUT2D eigenvalue weighted by Crippen LogP contribution is 2.24. The van der Waals surface area contributed by atoms with Crippen molar-refractivity contribution in [1.82, 2.24) is 5.32 Å². The Morgan fingerprint density at radius 2 is 1.47 bits per heavy atom. The van der Waals surface area contributed by atoms with Crippen molar-refractivity contribution in [2.45, 2.75) is 25.8 Å². The molecule has 4 aromatic rings. The van der Waals surface area contributed by atoms with E-state index in [1.807, 2.05) is 31.2 Å². The lowest BCUT2D eigenvalue weighted by molar-refractivity contribution is -0.137. The summed E-state index contributed by atoms with van der Waals surface area (Å²) in [4.78, 5) is 53.3. The predicted octanol–water partition coefficient (Wildman–Crippen LogP) is 5.81. The molecule has 0 saturated heterocycles. The standard InChI is InChI=1S/C34H34N4O5/c1-23-10-7-8-15-30(23)38(3)34(43)35-27-18-16-24(17-19-27)20-31(39)37(2)28-14-9-13-26(21-28)29(22-32(40)41)36-33(42)25-11-5-4-6-12-25/h4-19,21,29H,20,22H2,1-3H3,(H,35,43)(H,36,42)(H,40,41). The molecule has 4 aromatic carbocycles. The molecule has 4 rings (SSSR count). The molecule has 3 N–H and O–H groups in total. The van der Waals surface area contributed by atoms with Crippen LogP contribution in [0.15, 0.2) is 103 Å². The van der Waals surface area contributed by atoms with Crippen LogP contribution >= 0.6 is 0 Å². The number of hydrogen-bond acceptors (Lipinski definition) is 4. The molecule has 0 aromatic heterocycles. The van der Waals surface area contributed by atoms with Crippen molar-refractivity contribution in [3.8, 4) is 0 Å². The van der Waals surface area contributed by atoms with Crippen molar-refractivity contribution in [2.24, 2.45) is 0 Å². The SMILES string of the molecule is Cc1ccccc1N(C)C(=O)Nc1ccc(CC(=O)N(C)c2cccc(C(CC(=O)O)NC(=O)c3ccccc3)c2)cc1. The zero-order chi connectivity index (χ0) is 30.9. The number of nitrogens with zero attached hydrogens (tertiary/aromatic N) is 2. The van der Waals surface area contributed by atoms with Crippen LogP contribution < -0.4 is 20.4 Å². The van der Waals surface area contributed by atoms with Crippen molar-refractivity contribution in [1.29, 1.82) is 0 Å². The van der Waals surface area contributed by atoms with E-state index >= 15 is 0 Å². The van der Waals surface area contributed by atoms with Gasteiger partial charge in [-0.1, -0.05) is 60.7 Å². The second-order valence-electron chi connectivity index (χ2n) is 10.2. The van der Waals surface area contributed by atoms with Crippen LogP contribution in [0.5, 0.6) is 0 Å². The third kappa shape index (κ3) is 8.07. The molecule has 9 heteroatoms. The van der Waals surface area contributed by atoms with Crippen molar-refractivity contribution < 1.29 is 24.3 Å². The zero-order valence-corrected chi connectivity index (χ0v) is 24.3. The molecule has 0 saturated carbocycles. The van der Waals surface area contributed by atoms with Gasteiger partial charge in [-0.25, -0.2) is 4.79 Å². The Morgan fingerprint density at radius 1 is 0.791 bits per heavy atom. The number of carbonyl (C=O) groups is 4. The number of carbonyl (C=O) groups excluding carboxylic acids is 3. The van der Waals surface area contributed by atoms with Gasteiger partial charge in [-0.2, -0.15) is 0 Å². The molecule has 0 heterocycles. The number of aliphatic carboxylic acids is 1. The molecule has 0 fully saturated rings. The Morgan fingerprint density at radius 3 is 2.14 bits per heavy atom. The fraction of sp³-hybridized carbons (Fsp3) is 0.176. The van der Waals surface area contributed by atoms with Gasteiger partial charge in [0.1, 0.15) is 0 Å². The summed E-state index contributed by atoms with van der Waals surface area (Å²) in [5.74, 6) is -1.63. The van der Waals surface area contributed by atoms with Gasteiger partial charge < -0.3 is 20.6 Å². The van der Waals surface area contributed by atoms with E-state index in [1.165, 1.54) is 4.90 Å². The van der Waals surface area contributed by atoms with E-state index in [9.17, 15) is 24.3 Å². The van der Waals surface area contributed by atoms with E-state index in [2.05, 4.69) is 10.6 Å². The number of benzene rings is 4. The van der Waals surface area contributed by atoms with Gasteiger partial charge >= 0.3 is 12.0 Å². The molecule has 220 valence electrons. The number of hydrogen-bond donors (Lipinski definition) is 3. The zero-order valence-electron chi connectivity index (χ0n) is 24.3. The number of carboxylic acids is 1. The van der Waals surface area contributed by atoms with Gasteiger partial charge in [0.2, 0.25) is 5.91 Å². The lowest BCUT2D eigenvalue weighted by Gasteiger charge is -2.22. The maximum absolute atomic E-state index is 13.2. The van der Waals surface area contributed by atoms with Gasteiger partial charge in [0.25, 0.3) is 5.91 Å². The lowest BCUT2D eigenvalue weighted by atomic mass is 10.0. The molecule has 1 unspecified atom stereocenters. The van der Waals surface area contributed by atoms with Crippen molar-refractivity contribution in [2.75, 3.05) is 29.2 Å². The summed E-state index contributed by atoms with van der Waals surface area (Å²) < 4.78 is 0. The van der Waals surface area contributed by atoms with Crippen LogP contribution in [0.3, 0.4) is 0 Å². The number of carboxylic acid groups (broad SMARTS) is 1. The predicted molar refractivity (Wildman–Crippen MR) is 168 cm³/mol. The van der Waals surface area contributed by atoms with Crippen LogP contribution in [0.2, 0.25) is 0 Å². The molecule has 0 aliphatic carbocycles. The Kier molecular flexibility index (Phi) is 9.90. The number of likely N-dealkylation sites (N-methyl/N-ethyl adjacent to an activating group) is 1. The highest BCUT2D eigenvalue weighted by molar-refractivity contribution is 6.02. The largest absolute Gasteiger partial charge is 0.481 e. The maximum atomic E-state index is 13.2. The molecular weight excluding hydrogens is 544 g/mol. The van der Waals surface area contributed by atoms with Gasteiger partial charge in [-0.15, -0.1) is 0 Å². The number of urea groups is 1. The quantitative estimate of drug-likeness (QED) is 0.219. The lowest BCUT2D eigenvalue weighted by Crippen LogP contribution is -2.31. The summed E-state index contributed by atoms with van der Waals surface area (Å²) in [5.41, 5.74) is 4.71. The number of para-hydroxylation sites is 1. The fourth-order valence-electron chi connectivity index (χ4n) is 4.61. The van der Waals surface area contributed by atoms with E-state index in [0.717, 1.165) is 16.8 Å². The minimum absolute atomic E-state index is 0.112. The number of anilines is 3. The summed E-state index contributed by atoms with van der Waals surface area (Å²) in [6.45, 7) is 1.94. The summed E-state index contributed by atoms with van der Waals surface area (Å²) in [6.07, 6.45) is -0.204. The van der Waals surface area contributed by atoms with Gasteiger partial charge in [0.15, 0.2) is 0 Å². The van der Waals surface area contributed by atoms with E-state index in [-0.39, 0.29) is 30.7 Å². The first-order valence-electron chi connectivity index (χ1n) is 13.8. The molecular formula is C34H34N4O5. The average molecular weight is 579 g/mol. The number of amides is 4. The molecule has 0 bridgehead atoms. The van der Waals surface area contributed by atoms with Crippen LogP contribution in [-0.2, 0) is 16.0 Å². The number of aryl methyl sites for hydroxylation is 1. The smallest absolute Gasteiger partial charge is 0.326 e. The monoisotopic (exact) mass is 578 g/mol. The first-order valence-corrected chi connectivity index (χ1v) is 13.8.